The Hall–Kier alpha value is -0.930. The Kier molecular flexibility index (Phi) is 24.0. The maximum absolute atomic E-state index is 12.8. The minimum atomic E-state index is -0.201. The fraction of sp³-hybridized carbons (Fsp3) is 0.955. The second-order valence-electron chi connectivity index (χ2n) is 18.7. The lowest BCUT2D eigenvalue weighted by atomic mass is 9.80. The summed E-state index contributed by atoms with van der Waals surface area (Å²) in [5.41, 5.74) is -0.803. The molecule has 0 N–H and O–H groups in total. The van der Waals surface area contributed by atoms with Crippen LogP contribution in [-0.2, 0) is 28.7 Å². The number of hydrogen-bond donors (Lipinski definition) is 0. The van der Waals surface area contributed by atoms with Gasteiger partial charge < -0.3 is 9.47 Å². The Morgan fingerprint density at radius 1 is 0.453 bits per heavy atom. The van der Waals surface area contributed by atoms with Crippen LogP contribution in [0.4, 0.5) is 0 Å². The number of ether oxygens (including phenoxy) is 2. The van der Waals surface area contributed by atoms with Crippen molar-refractivity contribution in [1.82, 2.24) is 10.1 Å². The molecule has 0 aromatic carbocycles. The number of carbonyl (C=O) groups excluding carboxylic acids is 2. The molecule has 8 nitrogen and oxygen atoms in total. The van der Waals surface area contributed by atoms with Crippen molar-refractivity contribution in [2.24, 2.45) is 0 Å². The summed E-state index contributed by atoms with van der Waals surface area (Å²) in [5, 5.41) is 4.35. The number of rotatable bonds is 27. The zero-order valence-corrected chi connectivity index (χ0v) is 37.1. The third kappa shape index (κ3) is 19.2. The SMILES string of the molecule is CCCCCCCCON1C(C)(C)CC(OC(=O)CCCCCCCCC(=O)OC2CC(C)(C)N(OCCCCCCCC)C(C)(C)C2)CC1(C)C.Cl. The van der Waals surface area contributed by atoms with Crippen molar-refractivity contribution in [1.29, 1.82) is 0 Å². The second kappa shape index (κ2) is 25.3. The summed E-state index contributed by atoms with van der Waals surface area (Å²) < 4.78 is 12.0. The third-order valence-electron chi connectivity index (χ3n) is 11.2. The molecule has 0 bridgehead atoms. The van der Waals surface area contributed by atoms with Gasteiger partial charge in [0.2, 0.25) is 0 Å². The average molecular weight is 774 g/mol. The van der Waals surface area contributed by atoms with Gasteiger partial charge in [-0.3, -0.25) is 19.3 Å². The number of hydrogen-bond acceptors (Lipinski definition) is 8. The second-order valence-corrected chi connectivity index (χ2v) is 18.7. The lowest BCUT2D eigenvalue weighted by Crippen LogP contribution is -2.62. The smallest absolute Gasteiger partial charge is 0.306 e. The van der Waals surface area contributed by atoms with Crippen LogP contribution < -0.4 is 0 Å². The average Bonchev–Trinajstić information content (AvgIpc) is 3.02. The molecule has 0 saturated carbocycles. The number of esters is 2. The summed E-state index contributed by atoms with van der Waals surface area (Å²) >= 11 is 0. The van der Waals surface area contributed by atoms with E-state index in [-0.39, 0.29) is 58.7 Å². The Morgan fingerprint density at radius 3 is 1.02 bits per heavy atom. The molecule has 0 aromatic rings. The molecule has 0 atom stereocenters. The first kappa shape index (κ1) is 50.1. The van der Waals surface area contributed by atoms with E-state index < -0.39 is 0 Å². The number of piperidine rings is 2. The highest BCUT2D eigenvalue weighted by Gasteiger charge is 2.49. The molecule has 2 fully saturated rings. The molecular formula is C44H85ClN2O6. The zero-order valence-electron chi connectivity index (χ0n) is 36.3. The summed E-state index contributed by atoms with van der Waals surface area (Å²) in [6, 6.07) is 0. The Bertz CT molecular complexity index is 888. The molecule has 0 aromatic heterocycles. The van der Waals surface area contributed by atoms with E-state index in [0.29, 0.717) is 12.8 Å². The van der Waals surface area contributed by atoms with Gasteiger partial charge in [-0.2, -0.15) is 10.1 Å². The molecular weight excluding hydrogens is 688 g/mol. The zero-order chi connectivity index (χ0) is 38.7. The molecule has 0 spiro atoms. The van der Waals surface area contributed by atoms with Crippen molar-refractivity contribution in [3.8, 4) is 0 Å². The molecule has 2 heterocycles. The van der Waals surface area contributed by atoms with E-state index >= 15 is 0 Å². The van der Waals surface area contributed by atoms with Crippen LogP contribution in [-0.4, -0.2) is 69.6 Å². The maximum Gasteiger partial charge on any atom is 0.306 e. The highest BCUT2D eigenvalue weighted by atomic mass is 35.5. The maximum atomic E-state index is 12.8. The molecule has 314 valence electrons. The quantitative estimate of drug-likeness (QED) is 0.0603. The van der Waals surface area contributed by atoms with Gasteiger partial charge in [0.15, 0.2) is 0 Å². The number of nitrogens with zero attached hydrogens (tertiary/aromatic N) is 2. The molecule has 2 saturated heterocycles. The number of hydroxylamine groups is 4. The van der Waals surface area contributed by atoms with Crippen molar-refractivity contribution >= 4 is 24.3 Å². The van der Waals surface area contributed by atoms with Crippen LogP contribution >= 0.6 is 12.4 Å². The van der Waals surface area contributed by atoms with Gasteiger partial charge in [0.05, 0.1) is 13.2 Å². The first-order chi connectivity index (χ1) is 24.5. The van der Waals surface area contributed by atoms with Gasteiger partial charge in [0, 0.05) is 60.7 Å². The number of carbonyl (C=O) groups is 2. The molecule has 9 heteroatoms. The van der Waals surface area contributed by atoms with Gasteiger partial charge >= 0.3 is 11.9 Å². The molecule has 0 amide bonds. The summed E-state index contributed by atoms with van der Waals surface area (Å²) in [7, 11) is 0. The van der Waals surface area contributed by atoms with E-state index in [4.69, 9.17) is 19.1 Å². The Morgan fingerprint density at radius 2 is 0.717 bits per heavy atom. The molecule has 0 unspecified atom stereocenters. The van der Waals surface area contributed by atoms with Crippen LogP contribution in [0, 0.1) is 0 Å². The number of unbranched alkanes of at least 4 members (excludes halogenated alkanes) is 15. The standard InChI is InChI=1S/C44H84N2O6.ClH/c1-11-13-15-17-23-27-31-49-45-41(3,4)33-37(34-42(45,5)6)51-39(47)29-25-21-19-20-22-26-30-40(48)52-38-35-43(7,8)46(44(9,10)36-38)50-32-28-24-18-16-14-12-2;/h37-38H,11-36H2,1-10H3;1H. The molecule has 2 rings (SSSR count). The molecule has 0 aliphatic carbocycles. The lowest BCUT2D eigenvalue weighted by Gasteiger charge is -2.53. The van der Waals surface area contributed by atoms with E-state index in [9.17, 15) is 9.59 Å². The molecule has 2 aliphatic rings. The Labute approximate surface area is 333 Å². The topological polar surface area (TPSA) is 77.5 Å². The van der Waals surface area contributed by atoms with E-state index in [0.717, 1.165) is 90.3 Å². The van der Waals surface area contributed by atoms with Crippen LogP contribution in [0.25, 0.3) is 0 Å². The molecule has 2 aliphatic heterocycles. The van der Waals surface area contributed by atoms with E-state index in [1.54, 1.807) is 0 Å². The first-order valence-electron chi connectivity index (χ1n) is 21.8. The van der Waals surface area contributed by atoms with Gasteiger partial charge in [0.25, 0.3) is 0 Å². The summed E-state index contributed by atoms with van der Waals surface area (Å²) in [4.78, 5) is 38.2. The van der Waals surface area contributed by atoms with Gasteiger partial charge in [-0.1, -0.05) is 104 Å². The van der Waals surface area contributed by atoms with Crippen molar-refractivity contribution < 1.29 is 28.7 Å². The fourth-order valence-electron chi connectivity index (χ4n) is 9.02. The summed E-state index contributed by atoms with van der Waals surface area (Å²) in [5.74, 6) is -0.162. The fourth-order valence-corrected chi connectivity index (χ4v) is 9.02. The molecule has 53 heavy (non-hydrogen) atoms. The Balaban J connectivity index is 0.0000140. The normalized spacial score (nSPS) is 20.2. The van der Waals surface area contributed by atoms with Crippen LogP contribution in [0.1, 0.15) is 223 Å². The van der Waals surface area contributed by atoms with Crippen LogP contribution in [0.3, 0.4) is 0 Å². The highest BCUT2D eigenvalue weighted by molar-refractivity contribution is 5.85. The highest BCUT2D eigenvalue weighted by Crippen LogP contribution is 2.41. The minimum absolute atomic E-state index is 0. The van der Waals surface area contributed by atoms with Gasteiger partial charge in [-0.15, -0.1) is 12.4 Å². The van der Waals surface area contributed by atoms with E-state index in [2.05, 4.69) is 79.4 Å². The van der Waals surface area contributed by atoms with Crippen LogP contribution in [0.2, 0.25) is 0 Å². The van der Waals surface area contributed by atoms with E-state index in [1.165, 1.54) is 64.2 Å². The van der Waals surface area contributed by atoms with Crippen molar-refractivity contribution in [2.45, 2.75) is 258 Å². The molecule has 0 radical (unpaired) electrons. The van der Waals surface area contributed by atoms with Crippen LogP contribution in [0.15, 0.2) is 0 Å². The van der Waals surface area contributed by atoms with Crippen molar-refractivity contribution in [3.63, 3.8) is 0 Å². The van der Waals surface area contributed by atoms with Gasteiger partial charge in [-0.05, 0) is 81.1 Å². The lowest BCUT2D eigenvalue weighted by molar-refractivity contribution is -0.293. The predicted octanol–water partition coefficient (Wildman–Crippen LogP) is 12.2. The van der Waals surface area contributed by atoms with Gasteiger partial charge in [-0.25, -0.2) is 0 Å². The van der Waals surface area contributed by atoms with Gasteiger partial charge in [0.1, 0.15) is 12.2 Å². The summed E-state index contributed by atoms with van der Waals surface area (Å²) in [6.45, 7) is 23.6. The summed E-state index contributed by atoms with van der Waals surface area (Å²) in [6.07, 6.45) is 24.7. The van der Waals surface area contributed by atoms with Crippen molar-refractivity contribution in [3.05, 3.63) is 0 Å². The predicted molar refractivity (Wildman–Crippen MR) is 221 cm³/mol. The van der Waals surface area contributed by atoms with Crippen LogP contribution in [0.5, 0.6) is 0 Å². The van der Waals surface area contributed by atoms with Crippen molar-refractivity contribution in [2.75, 3.05) is 13.2 Å². The van der Waals surface area contributed by atoms with E-state index in [1.807, 2.05) is 0 Å². The number of halogens is 1. The largest absolute Gasteiger partial charge is 0.462 e. The monoisotopic (exact) mass is 773 g/mol. The first-order valence-corrected chi connectivity index (χ1v) is 21.8. The minimum Gasteiger partial charge on any atom is -0.462 e. The third-order valence-corrected chi connectivity index (χ3v) is 11.2.